The molecule has 0 aliphatic heterocycles. The van der Waals surface area contributed by atoms with Crippen LogP contribution in [0.1, 0.15) is 31.6 Å². The Morgan fingerprint density at radius 1 is 1.44 bits per heavy atom. The Hall–Kier alpha value is -1.69. The fourth-order valence-electron chi connectivity index (χ4n) is 2.56. The fraction of sp³-hybridized carbons (Fsp3) is 0.583. The number of nitrogens with two attached hydrogens (primary N) is 1. The third-order valence-corrected chi connectivity index (χ3v) is 3.62. The fourth-order valence-corrected chi connectivity index (χ4v) is 2.56. The van der Waals surface area contributed by atoms with Crippen molar-refractivity contribution in [2.75, 3.05) is 0 Å². The van der Waals surface area contributed by atoms with Gasteiger partial charge in [-0.25, -0.2) is 4.98 Å². The van der Waals surface area contributed by atoms with E-state index in [1.165, 1.54) is 12.8 Å². The third-order valence-electron chi connectivity index (χ3n) is 3.62. The molecule has 18 heavy (non-hydrogen) atoms. The van der Waals surface area contributed by atoms with E-state index in [9.17, 15) is 0 Å². The summed E-state index contributed by atoms with van der Waals surface area (Å²) in [5.41, 5.74) is 7.00. The minimum absolute atomic E-state index is 0.156. The van der Waals surface area contributed by atoms with E-state index in [2.05, 4.69) is 15.1 Å². The van der Waals surface area contributed by atoms with Gasteiger partial charge in [0.2, 0.25) is 11.7 Å². The molecule has 0 amide bonds. The van der Waals surface area contributed by atoms with Gasteiger partial charge in [-0.05, 0) is 12.8 Å². The van der Waals surface area contributed by atoms with Crippen molar-refractivity contribution in [1.82, 2.24) is 19.7 Å². The van der Waals surface area contributed by atoms with Crippen molar-refractivity contribution < 1.29 is 4.52 Å². The lowest BCUT2D eigenvalue weighted by Crippen LogP contribution is -2.38. The summed E-state index contributed by atoms with van der Waals surface area (Å²) in [4.78, 5) is 8.44. The molecule has 0 aromatic carbocycles. The maximum absolute atomic E-state index is 6.30. The van der Waals surface area contributed by atoms with Crippen LogP contribution in [0.25, 0.3) is 11.5 Å². The normalized spacial score (nSPS) is 18.3. The van der Waals surface area contributed by atoms with E-state index in [-0.39, 0.29) is 5.54 Å². The first-order valence-electron chi connectivity index (χ1n) is 6.24. The SMILES string of the molecule is Cn1cncc1-c1noc(CC2(N)CCCC2)n1. The van der Waals surface area contributed by atoms with Crippen molar-refractivity contribution in [2.24, 2.45) is 12.8 Å². The highest BCUT2D eigenvalue weighted by atomic mass is 16.5. The zero-order chi connectivity index (χ0) is 12.6. The van der Waals surface area contributed by atoms with Crippen molar-refractivity contribution in [1.29, 1.82) is 0 Å². The molecule has 2 aromatic heterocycles. The second-order valence-corrected chi connectivity index (χ2v) is 5.15. The predicted molar refractivity (Wildman–Crippen MR) is 65.6 cm³/mol. The zero-order valence-corrected chi connectivity index (χ0v) is 10.5. The Balaban J connectivity index is 1.80. The van der Waals surface area contributed by atoms with Crippen molar-refractivity contribution in [3.63, 3.8) is 0 Å². The lowest BCUT2D eigenvalue weighted by atomic mass is 9.95. The van der Waals surface area contributed by atoms with Gasteiger partial charge in [-0.2, -0.15) is 4.98 Å². The Morgan fingerprint density at radius 3 is 2.89 bits per heavy atom. The highest BCUT2D eigenvalue weighted by Crippen LogP contribution is 2.30. The van der Waals surface area contributed by atoms with Crippen molar-refractivity contribution in [3.05, 3.63) is 18.4 Å². The van der Waals surface area contributed by atoms with Crippen molar-refractivity contribution in [2.45, 2.75) is 37.6 Å². The standard InChI is InChI=1S/C12H17N5O/c1-17-8-14-7-9(17)11-15-10(18-16-11)6-12(13)4-2-3-5-12/h7-8H,2-6,13H2,1H3. The monoisotopic (exact) mass is 247 g/mol. The van der Waals surface area contributed by atoms with E-state index < -0.39 is 0 Å². The molecule has 2 N–H and O–H groups in total. The molecule has 1 aliphatic rings. The van der Waals surface area contributed by atoms with Crippen LogP contribution in [0.15, 0.2) is 17.0 Å². The second kappa shape index (κ2) is 4.20. The van der Waals surface area contributed by atoms with Gasteiger partial charge >= 0.3 is 0 Å². The van der Waals surface area contributed by atoms with Crippen LogP contribution in [-0.4, -0.2) is 25.2 Å². The highest BCUT2D eigenvalue weighted by Gasteiger charge is 2.31. The number of hydrogen-bond donors (Lipinski definition) is 1. The van der Waals surface area contributed by atoms with Crippen LogP contribution in [0.4, 0.5) is 0 Å². The molecule has 0 radical (unpaired) electrons. The van der Waals surface area contributed by atoms with E-state index in [1.807, 2.05) is 11.6 Å². The van der Waals surface area contributed by atoms with Gasteiger partial charge in [0.1, 0.15) is 5.69 Å². The van der Waals surface area contributed by atoms with Crippen LogP contribution in [-0.2, 0) is 13.5 Å². The summed E-state index contributed by atoms with van der Waals surface area (Å²) >= 11 is 0. The van der Waals surface area contributed by atoms with E-state index in [1.54, 1.807) is 12.5 Å². The van der Waals surface area contributed by atoms with E-state index >= 15 is 0 Å². The zero-order valence-electron chi connectivity index (χ0n) is 10.5. The van der Waals surface area contributed by atoms with Gasteiger partial charge in [-0.15, -0.1) is 0 Å². The summed E-state index contributed by atoms with van der Waals surface area (Å²) in [7, 11) is 1.90. The summed E-state index contributed by atoms with van der Waals surface area (Å²) in [6.07, 6.45) is 8.57. The van der Waals surface area contributed by atoms with Crippen molar-refractivity contribution in [3.8, 4) is 11.5 Å². The number of imidazole rings is 1. The molecule has 2 aromatic rings. The molecule has 6 heteroatoms. The third kappa shape index (κ3) is 2.03. The van der Waals surface area contributed by atoms with E-state index in [0.29, 0.717) is 18.1 Å². The topological polar surface area (TPSA) is 82.8 Å². The van der Waals surface area contributed by atoms with Crippen LogP contribution < -0.4 is 5.73 Å². The molecule has 1 saturated carbocycles. The molecule has 2 heterocycles. The lowest BCUT2D eigenvalue weighted by Gasteiger charge is -2.20. The number of hydrogen-bond acceptors (Lipinski definition) is 5. The second-order valence-electron chi connectivity index (χ2n) is 5.15. The Labute approximate surface area is 105 Å². The molecule has 0 spiro atoms. The van der Waals surface area contributed by atoms with Crippen LogP contribution >= 0.6 is 0 Å². The van der Waals surface area contributed by atoms with Gasteiger partial charge in [-0.1, -0.05) is 18.0 Å². The number of aryl methyl sites for hydroxylation is 1. The number of nitrogens with zero attached hydrogens (tertiary/aromatic N) is 4. The minimum Gasteiger partial charge on any atom is -0.339 e. The maximum Gasteiger partial charge on any atom is 0.228 e. The number of rotatable bonds is 3. The smallest absolute Gasteiger partial charge is 0.228 e. The van der Waals surface area contributed by atoms with Gasteiger partial charge in [0.05, 0.1) is 12.5 Å². The molecule has 3 rings (SSSR count). The summed E-state index contributed by atoms with van der Waals surface area (Å²) in [6.45, 7) is 0. The van der Waals surface area contributed by atoms with Crippen molar-refractivity contribution >= 4 is 0 Å². The molecule has 0 bridgehead atoms. The van der Waals surface area contributed by atoms with Gasteiger partial charge in [-0.3, -0.25) is 0 Å². The molecule has 96 valence electrons. The molecule has 0 saturated heterocycles. The summed E-state index contributed by atoms with van der Waals surface area (Å²) in [5, 5.41) is 3.99. The molecule has 0 unspecified atom stereocenters. The predicted octanol–water partition coefficient (Wildman–Crippen LogP) is 1.28. The van der Waals surface area contributed by atoms with Gasteiger partial charge in [0.25, 0.3) is 0 Å². The highest BCUT2D eigenvalue weighted by molar-refractivity contribution is 5.47. The van der Waals surface area contributed by atoms with Gasteiger partial charge in [0.15, 0.2) is 0 Å². The Bertz CT molecular complexity index is 538. The summed E-state index contributed by atoms with van der Waals surface area (Å²) in [5.74, 6) is 1.20. The average Bonchev–Trinajstić information content (AvgIpc) is 3.01. The van der Waals surface area contributed by atoms with Crippen LogP contribution in [0.5, 0.6) is 0 Å². The van der Waals surface area contributed by atoms with Crippen LogP contribution in [0, 0.1) is 0 Å². The summed E-state index contributed by atoms with van der Waals surface area (Å²) in [6, 6.07) is 0. The van der Waals surface area contributed by atoms with Gasteiger partial charge < -0.3 is 14.8 Å². The number of aromatic nitrogens is 4. The molecule has 1 aliphatic carbocycles. The van der Waals surface area contributed by atoms with Gasteiger partial charge in [0, 0.05) is 19.0 Å². The lowest BCUT2D eigenvalue weighted by molar-refractivity contribution is 0.329. The summed E-state index contributed by atoms with van der Waals surface area (Å²) < 4.78 is 7.15. The first kappa shape index (κ1) is 11.4. The maximum atomic E-state index is 6.30. The minimum atomic E-state index is -0.156. The largest absolute Gasteiger partial charge is 0.339 e. The molecule has 0 atom stereocenters. The molecular weight excluding hydrogens is 230 g/mol. The van der Waals surface area contributed by atoms with Crippen LogP contribution in [0.2, 0.25) is 0 Å². The quantitative estimate of drug-likeness (QED) is 0.883. The first-order chi connectivity index (χ1) is 8.66. The molecular formula is C12H17N5O. The molecule has 1 fully saturated rings. The first-order valence-corrected chi connectivity index (χ1v) is 6.24. The Kier molecular flexibility index (Phi) is 2.66. The van der Waals surface area contributed by atoms with Crippen LogP contribution in [0.3, 0.4) is 0 Å². The Morgan fingerprint density at radius 2 is 2.22 bits per heavy atom. The molecule has 6 nitrogen and oxygen atoms in total. The average molecular weight is 247 g/mol. The van der Waals surface area contributed by atoms with E-state index in [4.69, 9.17) is 10.3 Å². The van der Waals surface area contributed by atoms with E-state index in [0.717, 1.165) is 18.5 Å².